The maximum atomic E-state index is 12.0. The van der Waals surface area contributed by atoms with Crippen molar-refractivity contribution in [3.63, 3.8) is 0 Å². The Morgan fingerprint density at radius 2 is 1.67 bits per heavy atom. The summed E-state index contributed by atoms with van der Waals surface area (Å²) in [5.41, 5.74) is 1.33. The molecule has 0 atom stereocenters. The lowest BCUT2D eigenvalue weighted by atomic mass is 10.2. The zero-order valence-electron chi connectivity index (χ0n) is 15.9. The number of rotatable bonds is 9. The normalized spacial score (nSPS) is 11.3. The molecule has 0 aliphatic carbocycles. The molecule has 154 valence electrons. The van der Waals surface area contributed by atoms with Crippen LogP contribution in [0.2, 0.25) is 0 Å². The van der Waals surface area contributed by atoms with Gasteiger partial charge >= 0.3 is 6.01 Å². The molecule has 0 bridgehead atoms. The van der Waals surface area contributed by atoms with Crippen LogP contribution in [0.4, 0.5) is 5.69 Å². The average Bonchev–Trinajstić information content (AvgIpc) is 2.75. The summed E-state index contributed by atoms with van der Waals surface area (Å²) in [6.45, 7) is -0.0141. The Hall–Kier alpha value is -3.56. The number of hydrogen-bond acceptors (Lipinski definition) is 6. The molecule has 1 heterocycles. The fourth-order valence-corrected chi connectivity index (χ4v) is 3.18. The fourth-order valence-electron chi connectivity index (χ4n) is 2.36. The first-order valence-corrected chi connectivity index (χ1v) is 10.6. The number of carbonyl (C=O) groups is 1. The summed E-state index contributed by atoms with van der Waals surface area (Å²) in [6.07, 6.45) is 4.63. The molecule has 9 heteroatoms. The van der Waals surface area contributed by atoms with Crippen LogP contribution in [0.5, 0.6) is 11.8 Å². The van der Waals surface area contributed by atoms with Crippen LogP contribution in [0.3, 0.4) is 0 Å². The highest BCUT2D eigenvalue weighted by Crippen LogP contribution is 2.19. The molecule has 2 N–H and O–H groups in total. The molecule has 0 saturated heterocycles. The van der Waals surface area contributed by atoms with Crippen LogP contribution >= 0.6 is 0 Å². The van der Waals surface area contributed by atoms with Crippen LogP contribution in [0.15, 0.2) is 78.5 Å². The molecular weight excluding hydrogens is 404 g/mol. The van der Waals surface area contributed by atoms with E-state index in [1.165, 1.54) is 6.08 Å². The quantitative estimate of drug-likeness (QED) is 0.546. The third-order valence-electron chi connectivity index (χ3n) is 3.78. The summed E-state index contributed by atoms with van der Waals surface area (Å²) in [7, 11) is -3.62. The molecular formula is C21H20N4O4S. The van der Waals surface area contributed by atoms with Gasteiger partial charge in [0, 0.05) is 36.5 Å². The molecule has 3 rings (SSSR count). The van der Waals surface area contributed by atoms with E-state index in [2.05, 4.69) is 20.0 Å². The number of aromatic nitrogens is 2. The molecule has 2 aromatic carbocycles. The number of nitrogens with one attached hydrogen (secondary N) is 2. The van der Waals surface area contributed by atoms with Crippen molar-refractivity contribution in [3.05, 3.63) is 84.0 Å². The smallest absolute Gasteiger partial charge is 0.321 e. The molecule has 30 heavy (non-hydrogen) atoms. The van der Waals surface area contributed by atoms with E-state index in [9.17, 15) is 13.2 Å². The zero-order chi connectivity index (χ0) is 21.2. The molecule has 8 nitrogen and oxygen atoms in total. The number of carbonyl (C=O) groups excluding carboxylic acids is 1. The Kier molecular flexibility index (Phi) is 7.25. The van der Waals surface area contributed by atoms with Gasteiger partial charge in [-0.25, -0.2) is 23.1 Å². The highest BCUT2D eigenvalue weighted by atomic mass is 32.2. The lowest BCUT2D eigenvalue weighted by molar-refractivity contribution is -0.116. The first-order chi connectivity index (χ1) is 14.5. The molecule has 0 spiro atoms. The second kappa shape index (κ2) is 10.3. The predicted octanol–water partition coefficient (Wildman–Crippen LogP) is 3.19. The topological polar surface area (TPSA) is 110 Å². The van der Waals surface area contributed by atoms with E-state index in [0.717, 1.165) is 11.0 Å². The van der Waals surface area contributed by atoms with E-state index in [-0.39, 0.29) is 24.9 Å². The summed E-state index contributed by atoms with van der Waals surface area (Å²) >= 11 is 0. The van der Waals surface area contributed by atoms with Gasteiger partial charge in [-0.2, -0.15) is 0 Å². The van der Waals surface area contributed by atoms with Gasteiger partial charge in [0.1, 0.15) is 5.75 Å². The fraction of sp³-hybridized carbons (Fsp3) is 0.0952. The number of amides is 1. The first kappa shape index (κ1) is 21.2. The van der Waals surface area contributed by atoms with Crippen LogP contribution in [-0.2, 0) is 14.8 Å². The summed E-state index contributed by atoms with van der Waals surface area (Å²) in [4.78, 5) is 20.0. The largest absolute Gasteiger partial charge is 0.424 e. The Morgan fingerprint density at radius 3 is 2.37 bits per heavy atom. The standard InChI is InChI=1S/C21H20N4O4S/c26-20(11-15-24-30(27,28)16-12-17-5-2-1-3-6-17)25-18-7-9-19(10-8-18)29-21-22-13-4-14-23-21/h1-10,12-14,16,24H,11,15H2,(H,25,26). The van der Waals surface area contributed by atoms with E-state index in [1.807, 2.05) is 18.2 Å². The van der Waals surface area contributed by atoms with Gasteiger partial charge in [0.15, 0.2) is 0 Å². The molecule has 0 radical (unpaired) electrons. The molecule has 1 amide bonds. The highest BCUT2D eigenvalue weighted by Gasteiger charge is 2.08. The van der Waals surface area contributed by atoms with Crippen molar-refractivity contribution in [1.82, 2.24) is 14.7 Å². The number of nitrogens with zero attached hydrogens (tertiary/aromatic N) is 2. The monoisotopic (exact) mass is 424 g/mol. The number of anilines is 1. The molecule has 0 unspecified atom stereocenters. The van der Waals surface area contributed by atoms with Crippen molar-refractivity contribution in [2.24, 2.45) is 0 Å². The van der Waals surface area contributed by atoms with Gasteiger partial charge in [-0.15, -0.1) is 0 Å². The summed E-state index contributed by atoms with van der Waals surface area (Å²) in [6, 6.07) is 17.7. The number of sulfonamides is 1. The summed E-state index contributed by atoms with van der Waals surface area (Å²) < 4.78 is 31.8. The zero-order valence-corrected chi connectivity index (χ0v) is 16.7. The minimum Gasteiger partial charge on any atom is -0.424 e. The van der Waals surface area contributed by atoms with Crippen molar-refractivity contribution in [2.75, 3.05) is 11.9 Å². The Bertz CT molecular complexity index is 1090. The Morgan fingerprint density at radius 1 is 0.967 bits per heavy atom. The number of benzene rings is 2. The molecule has 0 fully saturated rings. The van der Waals surface area contributed by atoms with Gasteiger partial charge < -0.3 is 10.1 Å². The van der Waals surface area contributed by atoms with Crippen LogP contribution in [0.1, 0.15) is 12.0 Å². The molecule has 0 saturated carbocycles. The van der Waals surface area contributed by atoms with E-state index in [4.69, 9.17) is 4.74 Å². The SMILES string of the molecule is O=C(CCNS(=O)(=O)C=Cc1ccccc1)Nc1ccc(Oc2ncccn2)cc1. The minimum absolute atomic E-state index is 0.00544. The Balaban J connectivity index is 1.43. The van der Waals surface area contributed by atoms with E-state index in [0.29, 0.717) is 11.4 Å². The number of hydrogen-bond donors (Lipinski definition) is 2. The van der Waals surface area contributed by atoms with E-state index >= 15 is 0 Å². The number of ether oxygens (including phenoxy) is 1. The van der Waals surface area contributed by atoms with Crippen LogP contribution in [0, 0.1) is 0 Å². The van der Waals surface area contributed by atoms with Crippen LogP contribution in [-0.4, -0.2) is 30.8 Å². The Labute approximate surface area is 174 Å². The first-order valence-electron chi connectivity index (χ1n) is 9.08. The maximum Gasteiger partial charge on any atom is 0.321 e. The van der Waals surface area contributed by atoms with Crippen molar-refractivity contribution in [1.29, 1.82) is 0 Å². The van der Waals surface area contributed by atoms with Gasteiger partial charge in [-0.1, -0.05) is 30.3 Å². The van der Waals surface area contributed by atoms with Crippen LogP contribution in [0.25, 0.3) is 6.08 Å². The predicted molar refractivity (Wildman–Crippen MR) is 114 cm³/mol. The van der Waals surface area contributed by atoms with Gasteiger partial charge in [-0.05, 0) is 42.0 Å². The lowest BCUT2D eigenvalue weighted by Gasteiger charge is -2.07. The lowest BCUT2D eigenvalue weighted by Crippen LogP contribution is -2.26. The minimum atomic E-state index is -3.62. The highest BCUT2D eigenvalue weighted by molar-refractivity contribution is 7.92. The van der Waals surface area contributed by atoms with E-state index < -0.39 is 10.0 Å². The van der Waals surface area contributed by atoms with Crippen molar-refractivity contribution < 1.29 is 17.9 Å². The average molecular weight is 424 g/mol. The van der Waals surface area contributed by atoms with Crippen LogP contribution < -0.4 is 14.8 Å². The second-order valence-corrected chi connectivity index (χ2v) is 7.76. The van der Waals surface area contributed by atoms with Gasteiger partial charge in [0.05, 0.1) is 0 Å². The molecule has 1 aromatic heterocycles. The second-order valence-electron chi connectivity index (χ2n) is 6.11. The summed E-state index contributed by atoms with van der Waals surface area (Å²) in [5.74, 6) is 0.210. The van der Waals surface area contributed by atoms with Gasteiger partial charge in [0.25, 0.3) is 0 Å². The van der Waals surface area contributed by atoms with Gasteiger partial charge in [0.2, 0.25) is 15.9 Å². The third kappa shape index (κ3) is 7.12. The van der Waals surface area contributed by atoms with Gasteiger partial charge in [-0.3, -0.25) is 4.79 Å². The van der Waals surface area contributed by atoms with Crippen molar-refractivity contribution >= 4 is 27.7 Å². The molecule has 3 aromatic rings. The third-order valence-corrected chi connectivity index (χ3v) is 4.88. The van der Waals surface area contributed by atoms with Crippen molar-refractivity contribution in [2.45, 2.75) is 6.42 Å². The van der Waals surface area contributed by atoms with E-state index in [1.54, 1.807) is 54.9 Å². The maximum absolute atomic E-state index is 12.0. The molecule has 0 aliphatic heterocycles. The van der Waals surface area contributed by atoms with Crippen molar-refractivity contribution in [3.8, 4) is 11.8 Å². The summed E-state index contributed by atoms with van der Waals surface area (Å²) in [5, 5.41) is 3.78. The molecule has 0 aliphatic rings.